The van der Waals surface area contributed by atoms with Crippen LogP contribution in [0.2, 0.25) is 0 Å². The van der Waals surface area contributed by atoms with E-state index in [0.717, 1.165) is 0 Å². The fourth-order valence-corrected chi connectivity index (χ4v) is 1.43. The first-order chi connectivity index (χ1) is 8.53. The van der Waals surface area contributed by atoms with Crippen molar-refractivity contribution in [2.75, 3.05) is 20.3 Å². The molecule has 0 saturated heterocycles. The van der Waals surface area contributed by atoms with Crippen molar-refractivity contribution in [3.63, 3.8) is 0 Å². The molecule has 0 aliphatic carbocycles. The second kappa shape index (κ2) is 6.89. The van der Waals surface area contributed by atoms with Gasteiger partial charge in [-0.1, -0.05) is 34.6 Å². The zero-order chi connectivity index (χ0) is 15.3. The molecule has 0 unspecified atom stereocenters. The fourth-order valence-electron chi connectivity index (χ4n) is 1.43. The lowest BCUT2D eigenvalue weighted by Crippen LogP contribution is -2.33. The summed E-state index contributed by atoms with van der Waals surface area (Å²) in [6.07, 6.45) is -0.0162. The summed E-state index contributed by atoms with van der Waals surface area (Å²) in [5.41, 5.74) is -0.850. The second-order valence-corrected chi connectivity index (χ2v) is 6.63. The van der Waals surface area contributed by atoms with Crippen LogP contribution in [0.4, 0.5) is 0 Å². The molecule has 0 fully saturated rings. The van der Waals surface area contributed by atoms with Gasteiger partial charge >= 0.3 is 11.9 Å². The smallest absolute Gasteiger partial charge is 0.309 e. The standard InChI is InChI=1S/C14H26O5/c1-13(2,3)10(12(17)18-6)7-11(16)19-9-14(4,5)8-15/h10,15H,7-9H2,1-6H3/t10-/m1/s1. The number of hydrogen-bond acceptors (Lipinski definition) is 5. The molecule has 0 aliphatic heterocycles. The number of ether oxygens (including phenoxy) is 2. The number of rotatable bonds is 6. The van der Waals surface area contributed by atoms with Gasteiger partial charge in [0.1, 0.15) is 0 Å². The quantitative estimate of drug-likeness (QED) is 0.747. The van der Waals surface area contributed by atoms with Gasteiger partial charge in [-0.2, -0.15) is 0 Å². The Balaban J connectivity index is 4.54. The highest BCUT2D eigenvalue weighted by atomic mass is 16.5. The molecule has 5 heteroatoms. The summed E-state index contributed by atoms with van der Waals surface area (Å²) in [6, 6.07) is 0. The summed E-state index contributed by atoms with van der Waals surface area (Å²) in [7, 11) is 1.31. The van der Waals surface area contributed by atoms with Crippen molar-refractivity contribution in [3.8, 4) is 0 Å². The SMILES string of the molecule is COC(=O)[C@@H](CC(=O)OCC(C)(C)CO)C(C)(C)C. The molecule has 0 aromatic carbocycles. The first-order valence-electron chi connectivity index (χ1n) is 6.38. The van der Waals surface area contributed by atoms with Gasteiger partial charge in [-0.25, -0.2) is 0 Å². The molecule has 1 N–H and O–H groups in total. The lowest BCUT2D eigenvalue weighted by Gasteiger charge is -2.28. The maximum Gasteiger partial charge on any atom is 0.309 e. The maximum atomic E-state index is 11.8. The van der Waals surface area contributed by atoms with E-state index < -0.39 is 23.3 Å². The molecular weight excluding hydrogens is 248 g/mol. The van der Waals surface area contributed by atoms with E-state index in [1.807, 2.05) is 20.8 Å². The molecule has 0 aliphatic rings. The molecule has 0 radical (unpaired) electrons. The van der Waals surface area contributed by atoms with E-state index >= 15 is 0 Å². The molecule has 0 spiro atoms. The van der Waals surface area contributed by atoms with E-state index in [0.29, 0.717) is 0 Å². The van der Waals surface area contributed by atoms with E-state index in [4.69, 9.17) is 14.6 Å². The van der Waals surface area contributed by atoms with Gasteiger partial charge in [-0.15, -0.1) is 0 Å². The van der Waals surface area contributed by atoms with E-state index in [-0.39, 0.29) is 25.0 Å². The highest BCUT2D eigenvalue weighted by Gasteiger charge is 2.35. The molecule has 0 heterocycles. The van der Waals surface area contributed by atoms with Crippen LogP contribution in [0.5, 0.6) is 0 Å². The summed E-state index contributed by atoms with van der Waals surface area (Å²) in [5, 5.41) is 9.08. The predicted octanol–water partition coefficient (Wildman–Crippen LogP) is 1.77. The van der Waals surface area contributed by atoms with Gasteiger partial charge < -0.3 is 14.6 Å². The lowest BCUT2D eigenvalue weighted by atomic mass is 9.79. The molecule has 0 aromatic heterocycles. The molecule has 0 bridgehead atoms. The molecule has 0 amide bonds. The van der Waals surface area contributed by atoms with E-state index in [2.05, 4.69) is 0 Å². The fraction of sp³-hybridized carbons (Fsp3) is 0.857. The van der Waals surface area contributed by atoms with Crippen LogP contribution in [-0.2, 0) is 19.1 Å². The first kappa shape index (κ1) is 17.9. The van der Waals surface area contributed by atoms with Gasteiger partial charge in [-0.05, 0) is 5.41 Å². The van der Waals surface area contributed by atoms with Gasteiger partial charge in [0.05, 0.1) is 32.7 Å². The molecule has 0 aromatic rings. The number of aliphatic hydroxyl groups is 1. The first-order valence-corrected chi connectivity index (χ1v) is 6.38. The van der Waals surface area contributed by atoms with E-state index in [9.17, 15) is 9.59 Å². The summed E-state index contributed by atoms with van der Waals surface area (Å²) in [5.74, 6) is -1.40. The van der Waals surface area contributed by atoms with Crippen molar-refractivity contribution in [2.24, 2.45) is 16.7 Å². The predicted molar refractivity (Wildman–Crippen MR) is 71.4 cm³/mol. The largest absolute Gasteiger partial charge is 0.469 e. The summed E-state index contributed by atoms with van der Waals surface area (Å²) < 4.78 is 9.83. The lowest BCUT2D eigenvalue weighted by molar-refractivity contribution is -0.158. The van der Waals surface area contributed by atoms with Gasteiger partial charge in [0.2, 0.25) is 0 Å². The Hall–Kier alpha value is -1.10. The number of carbonyl (C=O) groups is 2. The van der Waals surface area contributed by atoms with Crippen LogP contribution < -0.4 is 0 Å². The third-order valence-corrected chi connectivity index (χ3v) is 2.95. The Morgan fingerprint density at radius 1 is 1.16 bits per heavy atom. The highest BCUT2D eigenvalue weighted by molar-refractivity contribution is 5.80. The minimum atomic E-state index is -0.540. The second-order valence-electron chi connectivity index (χ2n) is 6.63. The van der Waals surface area contributed by atoms with Crippen LogP contribution in [0.3, 0.4) is 0 Å². The molecular formula is C14H26O5. The average molecular weight is 274 g/mol. The number of aliphatic hydroxyl groups excluding tert-OH is 1. The Bertz CT molecular complexity index is 314. The van der Waals surface area contributed by atoms with Gasteiger partial charge in [0, 0.05) is 5.41 Å². The summed E-state index contributed by atoms with van der Waals surface area (Å²) >= 11 is 0. The summed E-state index contributed by atoms with van der Waals surface area (Å²) in [4.78, 5) is 23.5. The maximum absolute atomic E-state index is 11.8. The molecule has 5 nitrogen and oxygen atoms in total. The molecule has 112 valence electrons. The van der Waals surface area contributed by atoms with Crippen LogP contribution >= 0.6 is 0 Å². The number of hydrogen-bond donors (Lipinski definition) is 1. The van der Waals surface area contributed by atoms with Crippen LogP contribution in [0, 0.1) is 16.7 Å². The highest BCUT2D eigenvalue weighted by Crippen LogP contribution is 2.30. The van der Waals surface area contributed by atoms with Gasteiger partial charge in [0.15, 0.2) is 0 Å². The minimum absolute atomic E-state index is 0.0162. The van der Waals surface area contributed by atoms with Crippen molar-refractivity contribution in [2.45, 2.75) is 41.0 Å². The topological polar surface area (TPSA) is 72.8 Å². The zero-order valence-corrected chi connectivity index (χ0v) is 12.8. The van der Waals surface area contributed by atoms with Gasteiger partial charge in [-0.3, -0.25) is 9.59 Å². The Kier molecular flexibility index (Phi) is 6.49. The van der Waals surface area contributed by atoms with Crippen molar-refractivity contribution in [1.82, 2.24) is 0 Å². The van der Waals surface area contributed by atoms with Crippen LogP contribution in [-0.4, -0.2) is 37.4 Å². The van der Waals surface area contributed by atoms with Crippen LogP contribution in [0.1, 0.15) is 41.0 Å². The molecule has 19 heavy (non-hydrogen) atoms. The third-order valence-electron chi connectivity index (χ3n) is 2.95. The van der Waals surface area contributed by atoms with Crippen LogP contribution in [0.25, 0.3) is 0 Å². The van der Waals surface area contributed by atoms with Crippen molar-refractivity contribution in [3.05, 3.63) is 0 Å². The Morgan fingerprint density at radius 2 is 1.68 bits per heavy atom. The van der Waals surface area contributed by atoms with Crippen molar-refractivity contribution in [1.29, 1.82) is 0 Å². The van der Waals surface area contributed by atoms with Gasteiger partial charge in [0.25, 0.3) is 0 Å². The average Bonchev–Trinajstić information content (AvgIpc) is 2.31. The van der Waals surface area contributed by atoms with Crippen LogP contribution in [0.15, 0.2) is 0 Å². The molecule has 1 atom stereocenters. The number of esters is 2. The molecule has 0 rings (SSSR count). The Labute approximate surface area is 115 Å². The normalized spacial score (nSPS) is 13.8. The van der Waals surface area contributed by atoms with Crippen molar-refractivity contribution >= 4 is 11.9 Å². The van der Waals surface area contributed by atoms with E-state index in [1.54, 1.807) is 13.8 Å². The van der Waals surface area contributed by atoms with Crippen molar-refractivity contribution < 1.29 is 24.2 Å². The third kappa shape index (κ3) is 6.57. The minimum Gasteiger partial charge on any atom is -0.469 e. The van der Waals surface area contributed by atoms with E-state index in [1.165, 1.54) is 7.11 Å². The monoisotopic (exact) mass is 274 g/mol. The Morgan fingerprint density at radius 3 is 2.05 bits per heavy atom. The molecule has 0 saturated carbocycles. The zero-order valence-electron chi connectivity index (χ0n) is 12.8. The number of carbonyl (C=O) groups excluding carboxylic acids is 2. The number of methoxy groups -OCH3 is 1. The summed E-state index contributed by atoms with van der Waals surface area (Å²) in [6.45, 7) is 9.27.